The number of carbonyl (C=O) groups is 1. The van der Waals surface area contributed by atoms with E-state index in [2.05, 4.69) is 31.2 Å². The molecule has 0 aliphatic heterocycles. The van der Waals surface area contributed by atoms with E-state index in [1.165, 1.54) is 0 Å². The zero-order valence-electron chi connectivity index (χ0n) is 13.3. The predicted molar refractivity (Wildman–Crippen MR) is 94.0 cm³/mol. The number of aromatic nitrogens is 3. The number of amides is 1. The summed E-state index contributed by atoms with van der Waals surface area (Å²) in [6, 6.07) is 8.92. The molecule has 2 N–H and O–H groups in total. The molecule has 1 aromatic carbocycles. The molecule has 0 saturated heterocycles. The van der Waals surface area contributed by atoms with E-state index in [0.29, 0.717) is 5.69 Å². The standard InChI is InChI=1S/C17H17BrN4O2/c1-22-7-6-19-16(22)15(11-4-3-5-13(8-11)24-2)21-17(23)14-9-12(18)10-20-14/h3-10,15,20H,1-2H3,(H,21,23). The first kappa shape index (κ1) is 16.3. The first-order valence-electron chi connectivity index (χ1n) is 7.34. The van der Waals surface area contributed by atoms with Crippen molar-refractivity contribution in [1.82, 2.24) is 19.9 Å². The van der Waals surface area contributed by atoms with Crippen LogP contribution in [0.3, 0.4) is 0 Å². The summed E-state index contributed by atoms with van der Waals surface area (Å²) in [6.07, 6.45) is 5.27. The highest BCUT2D eigenvalue weighted by atomic mass is 79.9. The normalized spacial score (nSPS) is 12.0. The first-order valence-corrected chi connectivity index (χ1v) is 8.13. The maximum absolute atomic E-state index is 12.6. The average molecular weight is 389 g/mol. The summed E-state index contributed by atoms with van der Waals surface area (Å²) in [6.45, 7) is 0. The highest BCUT2D eigenvalue weighted by Crippen LogP contribution is 2.24. The maximum Gasteiger partial charge on any atom is 0.268 e. The maximum atomic E-state index is 12.6. The number of hydrogen-bond acceptors (Lipinski definition) is 3. The van der Waals surface area contributed by atoms with Gasteiger partial charge in [-0.3, -0.25) is 4.79 Å². The smallest absolute Gasteiger partial charge is 0.268 e. The molecule has 0 radical (unpaired) electrons. The van der Waals surface area contributed by atoms with E-state index in [1.807, 2.05) is 42.1 Å². The van der Waals surface area contributed by atoms with Crippen LogP contribution in [0.2, 0.25) is 0 Å². The molecular weight excluding hydrogens is 372 g/mol. The number of halogens is 1. The molecule has 3 rings (SSSR count). The van der Waals surface area contributed by atoms with Crippen molar-refractivity contribution in [1.29, 1.82) is 0 Å². The largest absolute Gasteiger partial charge is 0.497 e. The van der Waals surface area contributed by atoms with Crippen LogP contribution in [0.5, 0.6) is 5.75 Å². The highest BCUT2D eigenvalue weighted by Gasteiger charge is 2.22. The molecule has 0 bridgehead atoms. The summed E-state index contributed by atoms with van der Waals surface area (Å²) in [5.74, 6) is 1.25. The second-order valence-corrected chi connectivity index (χ2v) is 6.23. The minimum absolute atomic E-state index is 0.212. The quantitative estimate of drug-likeness (QED) is 0.705. The van der Waals surface area contributed by atoms with Gasteiger partial charge < -0.3 is 19.6 Å². The number of carbonyl (C=O) groups excluding carboxylic acids is 1. The fourth-order valence-electron chi connectivity index (χ4n) is 2.48. The van der Waals surface area contributed by atoms with Crippen LogP contribution < -0.4 is 10.1 Å². The number of methoxy groups -OCH3 is 1. The zero-order valence-corrected chi connectivity index (χ0v) is 14.9. The topological polar surface area (TPSA) is 71.9 Å². The van der Waals surface area contributed by atoms with E-state index in [4.69, 9.17) is 4.74 Å². The third kappa shape index (κ3) is 3.35. The van der Waals surface area contributed by atoms with Crippen LogP contribution in [0.1, 0.15) is 27.9 Å². The fraction of sp³-hybridized carbons (Fsp3) is 0.176. The van der Waals surface area contributed by atoms with Gasteiger partial charge in [-0.05, 0) is 39.7 Å². The number of nitrogens with one attached hydrogen (secondary N) is 2. The van der Waals surface area contributed by atoms with Crippen LogP contribution in [0.25, 0.3) is 0 Å². The number of nitrogens with zero attached hydrogens (tertiary/aromatic N) is 2. The molecule has 0 aliphatic rings. The Bertz CT molecular complexity index is 856. The summed E-state index contributed by atoms with van der Waals surface area (Å²) in [5, 5.41) is 3.03. The van der Waals surface area contributed by atoms with Gasteiger partial charge in [0.25, 0.3) is 5.91 Å². The van der Waals surface area contributed by atoms with Crippen LogP contribution in [0.15, 0.2) is 53.4 Å². The molecule has 3 aromatic rings. The van der Waals surface area contributed by atoms with Crippen molar-refractivity contribution in [2.75, 3.05) is 7.11 Å². The van der Waals surface area contributed by atoms with Crippen molar-refractivity contribution in [2.24, 2.45) is 7.05 Å². The van der Waals surface area contributed by atoms with Crippen molar-refractivity contribution in [3.63, 3.8) is 0 Å². The Morgan fingerprint density at radius 1 is 1.42 bits per heavy atom. The molecule has 0 saturated carbocycles. The first-order chi connectivity index (χ1) is 11.6. The van der Waals surface area contributed by atoms with Crippen molar-refractivity contribution >= 4 is 21.8 Å². The van der Waals surface area contributed by atoms with Crippen LogP contribution in [0, 0.1) is 0 Å². The highest BCUT2D eigenvalue weighted by molar-refractivity contribution is 9.10. The van der Waals surface area contributed by atoms with E-state index in [1.54, 1.807) is 25.6 Å². The van der Waals surface area contributed by atoms with Crippen LogP contribution in [-0.2, 0) is 7.05 Å². The minimum atomic E-state index is -0.394. The van der Waals surface area contributed by atoms with Gasteiger partial charge in [0.2, 0.25) is 0 Å². The summed E-state index contributed by atoms with van der Waals surface area (Å²) in [5.41, 5.74) is 1.37. The predicted octanol–water partition coefficient (Wildman–Crippen LogP) is 3.04. The lowest BCUT2D eigenvalue weighted by Gasteiger charge is -2.19. The number of aryl methyl sites for hydroxylation is 1. The van der Waals surface area contributed by atoms with Crippen LogP contribution in [0.4, 0.5) is 0 Å². The molecule has 24 heavy (non-hydrogen) atoms. The van der Waals surface area contributed by atoms with E-state index >= 15 is 0 Å². The second-order valence-electron chi connectivity index (χ2n) is 5.31. The molecule has 2 heterocycles. The Kier molecular flexibility index (Phi) is 4.71. The number of ether oxygens (including phenoxy) is 1. The molecule has 1 unspecified atom stereocenters. The van der Waals surface area contributed by atoms with Gasteiger partial charge in [-0.25, -0.2) is 4.98 Å². The van der Waals surface area contributed by atoms with Gasteiger partial charge in [-0.1, -0.05) is 12.1 Å². The molecule has 0 aliphatic carbocycles. The number of benzene rings is 1. The molecule has 2 aromatic heterocycles. The zero-order chi connectivity index (χ0) is 17.1. The fourth-order valence-corrected chi connectivity index (χ4v) is 2.82. The summed E-state index contributed by atoms with van der Waals surface area (Å²) in [7, 11) is 3.51. The molecule has 0 spiro atoms. The lowest BCUT2D eigenvalue weighted by Crippen LogP contribution is -2.31. The number of hydrogen-bond donors (Lipinski definition) is 2. The van der Waals surface area contributed by atoms with E-state index in [-0.39, 0.29) is 5.91 Å². The van der Waals surface area contributed by atoms with E-state index in [0.717, 1.165) is 21.6 Å². The monoisotopic (exact) mass is 388 g/mol. The van der Waals surface area contributed by atoms with Crippen molar-refractivity contribution < 1.29 is 9.53 Å². The summed E-state index contributed by atoms with van der Waals surface area (Å²) in [4.78, 5) is 19.9. The molecule has 0 fully saturated rings. The van der Waals surface area contributed by atoms with Gasteiger partial charge >= 0.3 is 0 Å². The van der Waals surface area contributed by atoms with Gasteiger partial charge in [0.15, 0.2) is 0 Å². The van der Waals surface area contributed by atoms with Gasteiger partial charge in [-0.15, -0.1) is 0 Å². The Balaban J connectivity index is 1.96. The number of aromatic amines is 1. The number of H-pyrrole nitrogens is 1. The molecular formula is C17H17BrN4O2. The second kappa shape index (κ2) is 6.92. The molecule has 1 amide bonds. The van der Waals surface area contributed by atoms with Gasteiger partial charge in [0.05, 0.1) is 7.11 Å². The molecule has 1 atom stereocenters. The van der Waals surface area contributed by atoms with Crippen molar-refractivity contribution in [2.45, 2.75) is 6.04 Å². The molecule has 6 nitrogen and oxygen atoms in total. The Morgan fingerprint density at radius 2 is 2.25 bits per heavy atom. The summed E-state index contributed by atoms with van der Waals surface area (Å²) >= 11 is 3.34. The SMILES string of the molecule is COc1cccc(C(NC(=O)c2cc(Br)c[nH]2)c2nccn2C)c1. The summed E-state index contributed by atoms with van der Waals surface area (Å²) < 4.78 is 8.00. The molecule has 124 valence electrons. The average Bonchev–Trinajstić information content (AvgIpc) is 3.21. The molecule has 7 heteroatoms. The van der Waals surface area contributed by atoms with Gasteiger partial charge in [0, 0.05) is 30.1 Å². The third-order valence-electron chi connectivity index (χ3n) is 3.71. The van der Waals surface area contributed by atoms with Gasteiger partial charge in [0.1, 0.15) is 23.3 Å². The van der Waals surface area contributed by atoms with Crippen molar-refractivity contribution in [3.05, 3.63) is 70.5 Å². The Hall–Kier alpha value is -2.54. The van der Waals surface area contributed by atoms with Crippen LogP contribution >= 0.6 is 15.9 Å². The number of imidazole rings is 1. The van der Waals surface area contributed by atoms with E-state index < -0.39 is 6.04 Å². The third-order valence-corrected chi connectivity index (χ3v) is 4.17. The lowest BCUT2D eigenvalue weighted by atomic mass is 10.1. The Morgan fingerprint density at radius 3 is 2.88 bits per heavy atom. The lowest BCUT2D eigenvalue weighted by molar-refractivity contribution is 0.0936. The van der Waals surface area contributed by atoms with Crippen LogP contribution in [-0.4, -0.2) is 27.6 Å². The van der Waals surface area contributed by atoms with Crippen molar-refractivity contribution in [3.8, 4) is 5.75 Å². The van der Waals surface area contributed by atoms with E-state index in [9.17, 15) is 4.79 Å². The Labute approximate surface area is 148 Å². The minimum Gasteiger partial charge on any atom is -0.497 e. The van der Waals surface area contributed by atoms with Gasteiger partial charge in [-0.2, -0.15) is 0 Å². The number of rotatable bonds is 5.